The van der Waals surface area contributed by atoms with Crippen molar-refractivity contribution in [1.82, 2.24) is 9.91 Å². The minimum absolute atomic E-state index is 0.633. The number of benzene rings is 1. The Kier molecular flexibility index (Phi) is 5.81. The smallest absolute Gasteiger partial charge is 0.0991 e. The molecule has 0 amide bonds. The molecule has 0 aromatic heterocycles. The van der Waals surface area contributed by atoms with Crippen LogP contribution in [0.25, 0.3) is 0 Å². The first-order valence-corrected chi connectivity index (χ1v) is 5.89. The zero-order valence-electron chi connectivity index (χ0n) is 11.2. The summed E-state index contributed by atoms with van der Waals surface area (Å²) in [6.07, 6.45) is 1.05. The van der Waals surface area contributed by atoms with Crippen LogP contribution < -0.4 is 0 Å². The minimum atomic E-state index is 0.633. The van der Waals surface area contributed by atoms with E-state index in [2.05, 4.69) is 35.4 Å². The van der Waals surface area contributed by atoms with Gasteiger partial charge in [0.05, 0.1) is 17.3 Å². The first kappa shape index (κ1) is 14.1. The summed E-state index contributed by atoms with van der Waals surface area (Å²) in [5.74, 6) is 0. The Balaban J connectivity index is 2.40. The van der Waals surface area contributed by atoms with E-state index < -0.39 is 0 Å². The summed E-state index contributed by atoms with van der Waals surface area (Å²) in [7, 11) is 6.01. The van der Waals surface area contributed by atoms with Gasteiger partial charge in [-0.25, -0.2) is 0 Å². The number of rotatable bonds is 6. The van der Waals surface area contributed by atoms with Gasteiger partial charge in [0, 0.05) is 13.6 Å². The van der Waals surface area contributed by atoms with Crippen LogP contribution in [-0.4, -0.2) is 44.1 Å². The van der Waals surface area contributed by atoms with E-state index in [9.17, 15) is 0 Å². The molecule has 5 heteroatoms. The molecule has 0 atom stereocenters. The fraction of sp³-hybridized carbons (Fsp3) is 0.462. The predicted octanol–water partition coefficient (Wildman–Crippen LogP) is 2.44. The molecule has 0 aliphatic rings. The van der Waals surface area contributed by atoms with Crippen molar-refractivity contribution in [2.75, 3.05) is 34.2 Å². The number of nitriles is 1. The molecule has 0 heterocycles. The second kappa shape index (κ2) is 7.41. The van der Waals surface area contributed by atoms with Gasteiger partial charge in [-0.1, -0.05) is 5.22 Å². The Labute approximate surface area is 108 Å². The second-order valence-electron chi connectivity index (χ2n) is 4.39. The van der Waals surface area contributed by atoms with Crippen LogP contribution in [0.5, 0.6) is 0 Å². The third kappa shape index (κ3) is 5.41. The Hall–Kier alpha value is -1.93. The first-order valence-electron chi connectivity index (χ1n) is 5.89. The van der Waals surface area contributed by atoms with Crippen molar-refractivity contribution in [3.8, 4) is 6.07 Å². The van der Waals surface area contributed by atoms with Crippen molar-refractivity contribution in [2.45, 2.75) is 6.42 Å². The molecule has 0 bridgehead atoms. The zero-order valence-corrected chi connectivity index (χ0v) is 11.2. The lowest BCUT2D eigenvalue weighted by atomic mass is 10.2. The van der Waals surface area contributed by atoms with Gasteiger partial charge < -0.3 is 4.90 Å². The van der Waals surface area contributed by atoms with Crippen LogP contribution in [-0.2, 0) is 0 Å². The molecule has 1 aromatic carbocycles. The summed E-state index contributed by atoms with van der Waals surface area (Å²) in [5, 5.41) is 18.7. The van der Waals surface area contributed by atoms with E-state index in [1.807, 2.05) is 12.1 Å². The lowest BCUT2D eigenvalue weighted by Gasteiger charge is -2.13. The molecule has 18 heavy (non-hydrogen) atoms. The molecule has 0 saturated heterocycles. The van der Waals surface area contributed by atoms with Gasteiger partial charge in [0.2, 0.25) is 0 Å². The second-order valence-corrected chi connectivity index (χ2v) is 4.39. The topological polar surface area (TPSA) is 55.0 Å². The highest BCUT2D eigenvalue weighted by Crippen LogP contribution is 2.13. The molecule has 0 unspecified atom stereocenters. The van der Waals surface area contributed by atoms with Gasteiger partial charge in [-0.15, -0.1) is 5.11 Å². The van der Waals surface area contributed by atoms with Crippen molar-refractivity contribution < 1.29 is 0 Å². The molecule has 0 aliphatic carbocycles. The fourth-order valence-corrected chi connectivity index (χ4v) is 1.39. The van der Waals surface area contributed by atoms with E-state index in [4.69, 9.17) is 5.26 Å². The Morgan fingerprint density at radius 3 is 2.33 bits per heavy atom. The van der Waals surface area contributed by atoms with Crippen molar-refractivity contribution >= 4 is 5.69 Å². The average molecular weight is 245 g/mol. The van der Waals surface area contributed by atoms with Gasteiger partial charge in [-0.3, -0.25) is 5.01 Å². The van der Waals surface area contributed by atoms with E-state index in [1.165, 1.54) is 0 Å². The quantitative estimate of drug-likeness (QED) is 0.571. The van der Waals surface area contributed by atoms with E-state index >= 15 is 0 Å². The predicted molar refractivity (Wildman–Crippen MR) is 71.5 cm³/mol. The maximum Gasteiger partial charge on any atom is 0.0991 e. The summed E-state index contributed by atoms with van der Waals surface area (Å²) in [6, 6.07) is 9.12. The van der Waals surface area contributed by atoms with Gasteiger partial charge in [-0.2, -0.15) is 5.26 Å². The van der Waals surface area contributed by atoms with Gasteiger partial charge >= 0.3 is 0 Å². The number of nitrogens with zero attached hydrogens (tertiary/aromatic N) is 5. The van der Waals surface area contributed by atoms with Gasteiger partial charge in [0.15, 0.2) is 0 Å². The Morgan fingerprint density at radius 2 is 1.78 bits per heavy atom. The van der Waals surface area contributed by atoms with Crippen molar-refractivity contribution in [1.29, 1.82) is 5.26 Å². The van der Waals surface area contributed by atoms with Crippen LogP contribution in [0.4, 0.5) is 5.69 Å². The van der Waals surface area contributed by atoms with E-state index in [0.717, 1.165) is 25.2 Å². The monoisotopic (exact) mass is 245 g/mol. The zero-order chi connectivity index (χ0) is 13.4. The molecule has 1 rings (SSSR count). The molecule has 0 radical (unpaired) electrons. The minimum Gasteiger partial charge on any atom is -0.309 e. The average Bonchev–Trinajstić information content (AvgIpc) is 2.36. The molecular weight excluding hydrogens is 226 g/mol. The summed E-state index contributed by atoms with van der Waals surface area (Å²) in [4.78, 5) is 2.14. The van der Waals surface area contributed by atoms with Crippen LogP contribution in [0.2, 0.25) is 0 Å². The maximum atomic E-state index is 8.67. The molecule has 0 aliphatic heterocycles. The van der Waals surface area contributed by atoms with Crippen LogP contribution >= 0.6 is 0 Å². The molecule has 0 N–H and O–H groups in total. The van der Waals surface area contributed by atoms with Crippen LogP contribution in [0, 0.1) is 11.3 Å². The van der Waals surface area contributed by atoms with Crippen molar-refractivity contribution in [3.63, 3.8) is 0 Å². The van der Waals surface area contributed by atoms with Crippen LogP contribution in [0.3, 0.4) is 0 Å². The highest BCUT2D eigenvalue weighted by atomic mass is 15.5. The molecule has 0 fully saturated rings. The van der Waals surface area contributed by atoms with Crippen molar-refractivity contribution in [3.05, 3.63) is 29.8 Å². The van der Waals surface area contributed by atoms with E-state index in [0.29, 0.717) is 5.56 Å². The first-order chi connectivity index (χ1) is 8.61. The molecular formula is C13H19N5. The summed E-state index contributed by atoms with van der Waals surface area (Å²) < 4.78 is 0. The molecule has 0 saturated carbocycles. The SMILES string of the molecule is CN(C)CCCN(C)N=Nc1ccc(C#N)cc1. The van der Waals surface area contributed by atoms with Gasteiger partial charge in [0.1, 0.15) is 0 Å². The molecule has 5 nitrogen and oxygen atoms in total. The summed E-state index contributed by atoms with van der Waals surface area (Å²) in [5.41, 5.74) is 1.39. The number of hydrogen-bond donors (Lipinski definition) is 0. The van der Waals surface area contributed by atoms with E-state index in [1.54, 1.807) is 24.3 Å². The molecule has 0 spiro atoms. The lowest BCUT2D eigenvalue weighted by molar-refractivity contribution is 0.298. The van der Waals surface area contributed by atoms with Crippen LogP contribution in [0.1, 0.15) is 12.0 Å². The highest BCUT2D eigenvalue weighted by molar-refractivity contribution is 5.41. The van der Waals surface area contributed by atoms with Gasteiger partial charge in [0.25, 0.3) is 0 Å². The Bertz CT molecular complexity index is 416. The summed E-state index contributed by atoms with van der Waals surface area (Å²) in [6.45, 7) is 1.91. The molecule has 1 aromatic rings. The van der Waals surface area contributed by atoms with Gasteiger partial charge in [-0.05, 0) is 51.3 Å². The third-order valence-corrected chi connectivity index (χ3v) is 2.40. The lowest BCUT2D eigenvalue weighted by Crippen LogP contribution is -2.19. The fourth-order valence-electron chi connectivity index (χ4n) is 1.39. The van der Waals surface area contributed by atoms with E-state index in [-0.39, 0.29) is 0 Å². The van der Waals surface area contributed by atoms with Crippen LogP contribution in [0.15, 0.2) is 34.6 Å². The third-order valence-electron chi connectivity index (χ3n) is 2.40. The highest BCUT2D eigenvalue weighted by Gasteiger charge is 1.96. The summed E-state index contributed by atoms with van der Waals surface area (Å²) >= 11 is 0. The standard InChI is InChI=1S/C13H19N5/c1-17(2)9-4-10-18(3)16-15-13-7-5-12(11-14)6-8-13/h5-8H,4,9-10H2,1-3H3. The number of hydrogen-bond acceptors (Lipinski definition) is 4. The molecule has 96 valence electrons. The van der Waals surface area contributed by atoms with Crippen molar-refractivity contribution in [2.24, 2.45) is 10.3 Å². The largest absolute Gasteiger partial charge is 0.309 e. The normalized spacial score (nSPS) is 10.8. The Morgan fingerprint density at radius 1 is 1.11 bits per heavy atom. The maximum absolute atomic E-state index is 8.67.